The van der Waals surface area contributed by atoms with Gasteiger partial charge in [-0.2, -0.15) is 0 Å². The van der Waals surface area contributed by atoms with Crippen LogP contribution >= 0.6 is 0 Å². The predicted octanol–water partition coefficient (Wildman–Crippen LogP) is 2.97. The van der Waals surface area contributed by atoms with Gasteiger partial charge in [0.1, 0.15) is 23.0 Å². The molecule has 0 aliphatic heterocycles. The molecule has 0 spiro atoms. The van der Waals surface area contributed by atoms with Gasteiger partial charge in [-0.15, -0.1) is 0 Å². The fourth-order valence-electron chi connectivity index (χ4n) is 2.09. The van der Waals surface area contributed by atoms with Crippen molar-refractivity contribution in [2.45, 2.75) is 0 Å². The molecule has 0 aliphatic rings. The van der Waals surface area contributed by atoms with Gasteiger partial charge in [-0.25, -0.2) is 4.39 Å². The van der Waals surface area contributed by atoms with Crippen LogP contribution in [0.25, 0.3) is 10.9 Å². The number of phenols is 2. The summed E-state index contributed by atoms with van der Waals surface area (Å²) in [5.74, 6) is -1.17. The lowest BCUT2D eigenvalue weighted by molar-refractivity contribution is 0.102. The number of aromatic nitrogens is 1. The molecule has 0 unspecified atom stereocenters. The SMILES string of the molecule is O=C(Nc1cc(O)cc(O)c1)c1cc2cc(F)ccc2[nH]1. The van der Waals surface area contributed by atoms with Gasteiger partial charge in [-0.05, 0) is 24.3 Å². The monoisotopic (exact) mass is 286 g/mol. The Hall–Kier alpha value is -3.02. The molecular weight excluding hydrogens is 275 g/mol. The Balaban J connectivity index is 1.89. The van der Waals surface area contributed by atoms with Crippen LogP contribution in [0.5, 0.6) is 11.5 Å². The number of carbonyl (C=O) groups is 1. The maximum atomic E-state index is 13.1. The van der Waals surface area contributed by atoms with Gasteiger partial charge >= 0.3 is 0 Å². The summed E-state index contributed by atoms with van der Waals surface area (Å²) in [7, 11) is 0. The first-order chi connectivity index (χ1) is 10.0. The molecule has 0 bridgehead atoms. The lowest BCUT2D eigenvalue weighted by atomic mass is 10.2. The number of aromatic amines is 1. The Labute approximate surface area is 118 Å². The standard InChI is InChI=1S/C15H11FN2O3/c16-9-1-2-13-8(3-9)4-14(18-13)15(21)17-10-5-11(19)7-12(20)6-10/h1-7,18-20H,(H,17,21). The number of benzene rings is 2. The van der Waals surface area contributed by atoms with Crippen LogP contribution in [-0.2, 0) is 0 Å². The lowest BCUT2D eigenvalue weighted by Gasteiger charge is -2.05. The van der Waals surface area contributed by atoms with E-state index in [0.29, 0.717) is 10.9 Å². The van der Waals surface area contributed by atoms with Crippen LogP contribution in [0.2, 0.25) is 0 Å². The molecule has 1 aromatic heterocycles. The first-order valence-electron chi connectivity index (χ1n) is 6.14. The molecular formula is C15H11FN2O3. The van der Waals surface area contributed by atoms with Crippen molar-refractivity contribution >= 4 is 22.5 Å². The summed E-state index contributed by atoms with van der Waals surface area (Å²) >= 11 is 0. The molecule has 1 amide bonds. The molecule has 106 valence electrons. The summed E-state index contributed by atoms with van der Waals surface area (Å²) < 4.78 is 13.1. The van der Waals surface area contributed by atoms with Crippen LogP contribution in [0.3, 0.4) is 0 Å². The minimum atomic E-state index is -0.461. The highest BCUT2D eigenvalue weighted by molar-refractivity contribution is 6.06. The van der Waals surface area contributed by atoms with Gasteiger partial charge in [-0.3, -0.25) is 4.79 Å². The molecule has 0 saturated carbocycles. The molecule has 0 fully saturated rings. The second kappa shape index (κ2) is 4.82. The molecule has 0 saturated heterocycles. The number of phenolic OH excluding ortho intramolecular Hbond substituents is 2. The van der Waals surface area contributed by atoms with E-state index in [1.165, 1.54) is 30.3 Å². The third kappa shape index (κ3) is 2.64. The van der Waals surface area contributed by atoms with E-state index in [9.17, 15) is 19.4 Å². The van der Waals surface area contributed by atoms with E-state index in [2.05, 4.69) is 10.3 Å². The number of rotatable bonds is 2. The van der Waals surface area contributed by atoms with E-state index in [4.69, 9.17) is 0 Å². The highest BCUT2D eigenvalue weighted by Gasteiger charge is 2.11. The number of H-pyrrole nitrogens is 1. The summed E-state index contributed by atoms with van der Waals surface area (Å²) in [5.41, 5.74) is 1.14. The summed E-state index contributed by atoms with van der Waals surface area (Å²) in [6.45, 7) is 0. The average molecular weight is 286 g/mol. The zero-order valence-corrected chi connectivity index (χ0v) is 10.7. The van der Waals surface area contributed by atoms with E-state index >= 15 is 0 Å². The third-order valence-corrected chi connectivity index (χ3v) is 2.99. The molecule has 21 heavy (non-hydrogen) atoms. The molecule has 5 nitrogen and oxygen atoms in total. The topological polar surface area (TPSA) is 85.3 Å². The normalized spacial score (nSPS) is 10.7. The number of hydrogen-bond donors (Lipinski definition) is 4. The second-order valence-electron chi connectivity index (χ2n) is 4.61. The quantitative estimate of drug-likeness (QED) is 0.584. The molecule has 0 atom stereocenters. The Morgan fingerprint density at radius 3 is 2.48 bits per heavy atom. The molecule has 2 aromatic carbocycles. The zero-order valence-electron chi connectivity index (χ0n) is 10.7. The van der Waals surface area contributed by atoms with Gasteiger partial charge in [-0.1, -0.05) is 0 Å². The van der Waals surface area contributed by atoms with Crippen LogP contribution < -0.4 is 5.32 Å². The first-order valence-corrected chi connectivity index (χ1v) is 6.14. The highest BCUT2D eigenvalue weighted by atomic mass is 19.1. The number of aromatic hydroxyl groups is 2. The largest absolute Gasteiger partial charge is 0.508 e. The minimum absolute atomic E-state index is 0.163. The summed E-state index contributed by atoms with van der Waals surface area (Å²) in [6, 6.07) is 9.45. The van der Waals surface area contributed by atoms with Crippen LogP contribution in [0.15, 0.2) is 42.5 Å². The van der Waals surface area contributed by atoms with Gasteiger partial charge < -0.3 is 20.5 Å². The zero-order chi connectivity index (χ0) is 15.0. The van der Waals surface area contributed by atoms with Crippen molar-refractivity contribution in [3.05, 3.63) is 54.0 Å². The molecule has 0 radical (unpaired) electrons. The highest BCUT2D eigenvalue weighted by Crippen LogP contribution is 2.24. The number of carbonyl (C=O) groups excluding carboxylic acids is 1. The average Bonchev–Trinajstić information content (AvgIpc) is 2.80. The van der Waals surface area contributed by atoms with E-state index in [0.717, 1.165) is 6.07 Å². The molecule has 4 N–H and O–H groups in total. The maximum Gasteiger partial charge on any atom is 0.272 e. The van der Waals surface area contributed by atoms with Crippen molar-refractivity contribution in [3.63, 3.8) is 0 Å². The van der Waals surface area contributed by atoms with Crippen LogP contribution in [0.1, 0.15) is 10.5 Å². The molecule has 1 heterocycles. The maximum absolute atomic E-state index is 13.1. The van der Waals surface area contributed by atoms with Crippen molar-refractivity contribution in [2.24, 2.45) is 0 Å². The van der Waals surface area contributed by atoms with Crippen molar-refractivity contribution in [3.8, 4) is 11.5 Å². The summed E-state index contributed by atoms with van der Waals surface area (Å²) in [6.07, 6.45) is 0. The van der Waals surface area contributed by atoms with Gasteiger partial charge in [0, 0.05) is 34.8 Å². The molecule has 3 aromatic rings. The van der Waals surface area contributed by atoms with Crippen molar-refractivity contribution in [1.82, 2.24) is 4.98 Å². The Bertz CT molecular complexity index is 822. The Kier molecular flexibility index (Phi) is 2.98. The van der Waals surface area contributed by atoms with E-state index in [-0.39, 0.29) is 28.7 Å². The van der Waals surface area contributed by atoms with Crippen LogP contribution in [0, 0.1) is 5.82 Å². The summed E-state index contributed by atoms with van der Waals surface area (Å²) in [4.78, 5) is 15.0. The number of halogens is 1. The summed E-state index contributed by atoms with van der Waals surface area (Å²) in [5, 5.41) is 21.8. The van der Waals surface area contributed by atoms with Gasteiger partial charge in [0.2, 0.25) is 0 Å². The van der Waals surface area contributed by atoms with E-state index in [1.54, 1.807) is 6.07 Å². The number of hydrogen-bond acceptors (Lipinski definition) is 3. The van der Waals surface area contributed by atoms with E-state index in [1.807, 2.05) is 0 Å². The number of nitrogens with one attached hydrogen (secondary N) is 2. The van der Waals surface area contributed by atoms with Crippen molar-refractivity contribution < 1.29 is 19.4 Å². The second-order valence-corrected chi connectivity index (χ2v) is 4.61. The van der Waals surface area contributed by atoms with Crippen molar-refractivity contribution in [2.75, 3.05) is 5.32 Å². The molecule has 3 rings (SSSR count). The van der Waals surface area contributed by atoms with Crippen LogP contribution in [0.4, 0.5) is 10.1 Å². The van der Waals surface area contributed by atoms with Gasteiger partial charge in [0.25, 0.3) is 5.91 Å². The smallest absolute Gasteiger partial charge is 0.272 e. The number of fused-ring (bicyclic) bond motifs is 1. The first kappa shape index (κ1) is 13.0. The fourth-order valence-corrected chi connectivity index (χ4v) is 2.09. The van der Waals surface area contributed by atoms with Gasteiger partial charge in [0.15, 0.2) is 0 Å². The number of amides is 1. The predicted molar refractivity (Wildman–Crippen MR) is 76.0 cm³/mol. The third-order valence-electron chi connectivity index (χ3n) is 2.99. The Morgan fingerprint density at radius 2 is 1.76 bits per heavy atom. The van der Waals surface area contributed by atoms with Gasteiger partial charge in [0.05, 0.1) is 0 Å². The minimum Gasteiger partial charge on any atom is -0.508 e. The lowest BCUT2D eigenvalue weighted by Crippen LogP contribution is -2.12. The molecule has 0 aliphatic carbocycles. The Morgan fingerprint density at radius 1 is 1.05 bits per heavy atom. The van der Waals surface area contributed by atoms with Crippen molar-refractivity contribution in [1.29, 1.82) is 0 Å². The van der Waals surface area contributed by atoms with Crippen LogP contribution in [-0.4, -0.2) is 21.1 Å². The molecule has 6 heteroatoms. The number of anilines is 1. The van der Waals surface area contributed by atoms with E-state index < -0.39 is 5.91 Å². The fraction of sp³-hybridized carbons (Fsp3) is 0.